The number of nitro groups is 1. The SMILES string of the molecule is O=C(COC(=O)C1CCN(S(=O)(=O)c2cc([N+](=O)[O-])ccc2Cl)CC1)c1c[nH]c2ccccc12. The van der Waals surface area contributed by atoms with Crippen LogP contribution in [0.5, 0.6) is 0 Å². The molecular weight excluding hydrogens is 486 g/mol. The van der Waals surface area contributed by atoms with E-state index in [1.807, 2.05) is 18.2 Å². The van der Waals surface area contributed by atoms with Crippen LogP contribution in [0.3, 0.4) is 0 Å². The summed E-state index contributed by atoms with van der Waals surface area (Å²) < 4.78 is 32.3. The number of rotatable bonds is 7. The molecule has 0 spiro atoms. The van der Waals surface area contributed by atoms with Crippen molar-refractivity contribution in [3.63, 3.8) is 0 Å². The number of H-pyrrole nitrogens is 1. The quantitative estimate of drug-likeness (QED) is 0.224. The van der Waals surface area contributed by atoms with Crippen LogP contribution in [0.15, 0.2) is 53.6 Å². The summed E-state index contributed by atoms with van der Waals surface area (Å²) in [6.07, 6.45) is 1.95. The van der Waals surface area contributed by atoms with Gasteiger partial charge in [0.25, 0.3) is 5.69 Å². The van der Waals surface area contributed by atoms with Crippen molar-refractivity contribution in [1.29, 1.82) is 0 Å². The largest absolute Gasteiger partial charge is 0.457 e. The number of para-hydroxylation sites is 1. The van der Waals surface area contributed by atoms with E-state index < -0.39 is 33.4 Å². The number of piperidine rings is 1. The van der Waals surface area contributed by atoms with Gasteiger partial charge in [-0.25, -0.2) is 8.42 Å². The summed E-state index contributed by atoms with van der Waals surface area (Å²) in [4.78, 5) is 38.0. The van der Waals surface area contributed by atoms with E-state index >= 15 is 0 Å². The van der Waals surface area contributed by atoms with Crippen molar-refractivity contribution in [1.82, 2.24) is 9.29 Å². The van der Waals surface area contributed by atoms with Crippen LogP contribution in [-0.2, 0) is 19.6 Å². The molecule has 178 valence electrons. The van der Waals surface area contributed by atoms with E-state index in [0.717, 1.165) is 27.3 Å². The maximum Gasteiger partial charge on any atom is 0.309 e. The first kappa shape index (κ1) is 23.9. The minimum atomic E-state index is -4.09. The van der Waals surface area contributed by atoms with Gasteiger partial charge < -0.3 is 9.72 Å². The van der Waals surface area contributed by atoms with Crippen LogP contribution >= 0.6 is 11.6 Å². The highest BCUT2D eigenvalue weighted by Gasteiger charge is 2.34. The lowest BCUT2D eigenvalue weighted by atomic mass is 9.98. The molecule has 1 fully saturated rings. The van der Waals surface area contributed by atoms with Crippen molar-refractivity contribution in [3.8, 4) is 0 Å². The predicted octanol–water partition coefficient (Wildman–Crippen LogP) is 3.56. The van der Waals surface area contributed by atoms with Crippen LogP contribution in [0.25, 0.3) is 10.9 Å². The molecule has 0 radical (unpaired) electrons. The second-order valence-corrected chi connectivity index (χ2v) is 10.1. The van der Waals surface area contributed by atoms with Gasteiger partial charge in [0, 0.05) is 47.9 Å². The first-order valence-electron chi connectivity index (χ1n) is 10.4. The summed E-state index contributed by atoms with van der Waals surface area (Å²) in [5.41, 5.74) is 0.842. The Bertz CT molecular complexity index is 1380. The Kier molecular flexibility index (Phi) is 6.69. The number of nitrogens with one attached hydrogen (secondary N) is 1. The third-order valence-electron chi connectivity index (χ3n) is 5.77. The van der Waals surface area contributed by atoms with E-state index in [2.05, 4.69) is 4.98 Å². The topological polar surface area (TPSA) is 140 Å². The molecule has 1 aromatic heterocycles. The number of aromatic amines is 1. The third kappa shape index (κ3) is 4.67. The molecule has 1 N–H and O–H groups in total. The number of halogens is 1. The smallest absolute Gasteiger partial charge is 0.309 e. The Morgan fingerprint density at radius 2 is 1.88 bits per heavy atom. The molecule has 0 saturated carbocycles. The molecule has 0 atom stereocenters. The molecule has 0 bridgehead atoms. The molecule has 4 rings (SSSR count). The number of fused-ring (bicyclic) bond motifs is 1. The van der Waals surface area contributed by atoms with Crippen molar-refractivity contribution < 1.29 is 27.7 Å². The standard InChI is InChI=1S/C22H20ClN3O7S/c23-18-6-5-15(26(29)30)11-21(18)34(31,32)25-9-7-14(8-10-25)22(28)33-13-20(27)17-12-24-19-4-2-1-3-16(17)19/h1-6,11-12,14,24H,7-10,13H2. The number of ether oxygens (including phenoxy) is 1. The number of hydrogen-bond donors (Lipinski definition) is 1. The fraction of sp³-hybridized carbons (Fsp3) is 0.273. The molecule has 0 amide bonds. The van der Waals surface area contributed by atoms with Crippen LogP contribution in [0.1, 0.15) is 23.2 Å². The van der Waals surface area contributed by atoms with Gasteiger partial charge in [-0.3, -0.25) is 19.7 Å². The fourth-order valence-electron chi connectivity index (χ4n) is 3.91. The van der Waals surface area contributed by atoms with Gasteiger partial charge in [-0.2, -0.15) is 4.31 Å². The highest BCUT2D eigenvalue weighted by atomic mass is 35.5. The predicted molar refractivity (Wildman–Crippen MR) is 123 cm³/mol. The summed E-state index contributed by atoms with van der Waals surface area (Å²) in [5, 5.41) is 11.6. The van der Waals surface area contributed by atoms with Crippen LogP contribution in [-0.4, -0.2) is 54.1 Å². The normalized spacial score (nSPS) is 15.3. The molecule has 2 heterocycles. The molecule has 3 aromatic rings. The summed E-state index contributed by atoms with van der Waals surface area (Å²) >= 11 is 6.00. The van der Waals surface area contributed by atoms with Gasteiger partial charge in [-0.1, -0.05) is 29.8 Å². The number of nitro benzene ring substituents is 1. The van der Waals surface area contributed by atoms with Crippen LogP contribution in [0.2, 0.25) is 5.02 Å². The fourth-order valence-corrected chi connectivity index (χ4v) is 5.87. The number of carbonyl (C=O) groups is 2. The van der Waals surface area contributed by atoms with Gasteiger partial charge in [0.05, 0.1) is 15.9 Å². The summed E-state index contributed by atoms with van der Waals surface area (Å²) in [5.74, 6) is -1.48. The van der Waals surface area contributed by atoms with Gasteiger partial charge in [-0.05, 0) is 25.0 Å². The number of hydrogen-bond acceptors (Lipinski definition) is 7. The van der Waals surface area contributed by atoms with E-state index in [1.54, 1.807) is 12.3 Å². The maximum atomic E-state index is 13.0. The van der Waals surface area contributed by atoms with Gasteiger partial charge in [0.15, 0.2) is 6.61 Å². The Labute approximate surface area is 199 Å². The number of Topliss-reactive ketones (excluding diaryl/α,β-unsaturated/α-hetero) is 1. The average molecular weight is 506 g/mol. The van der Waals surface area contributed by atoms with Crippen LogP contribution in [0.4, 0.5) is 5.69 Å². The summed E-state index contributed by atoms with van der Waals surface area (Å²) in [6.45, 7) is -0.391. The Morgan fingerprint density at radius 1 is 1.18 bits per heavy atom. The zero-order valence-corrected chi connectivity index (χ0v) is 19.3. The molecule has 2 aromatic carbocycles. The second-order valence-electron chi connectivity index (χ2n) is 7.83. The minimum absolute atomic E-state index is 0.0114. The summed E-state index contributed by atoms with van der Waals surface area (Å²) in [7, 11) is -4.09. The first-order chi connectivity index (χ1) is 16.2. The molecule has 1 aliphatic rings. The van der Waals surface area contributed by atoms with Crippen LogP contribution < -0.4 is 0 Å². The van der Waals surface area contributed by atoms with Crippen molar-refractivity contribution in [2.75, 3.05) is 19.7 Å². The zero-order valence-electron chi connectivity index (χ0n) is 17.8. The average Bonchev–Trinajstić information content (AvgIpc) is 3.26. The number of esters is 1. The Balaban J connectivity index is 1.36. The molecule has 0 aliphatic carbocycles. The minimum Gasteiger partial charge on any atom is -0.457 e. The van der Waals surface area contributed by atoms with E-state index in [1.165, 1.54) is 6.07 Å². The van der Waals surface area contributed by atoms with Gasteiger partial charge in [-0.15, -0.1) is 0 Å². The van der Waals surface area contributed by atoms with Gasteiger partial charge in [0.2, 0.25) is 15.8 Å². The summed E-state index contributed by atoms with van der Waals surface area (Å²) in [6, 6.07) is 10.5. The van der Waals surface area contributed by atoms with Gasteiger partial charge >= 0.3 is 5.97 Å². The van der Waals surface area contributed by atoms with E-state index in [9.17, 15) is 28.1 Å². The van der Waals surface area contributed by atoms with E-state index in [4.69, 9.17) is 16.3 Å². The molecule has 12 heteroatoms. The highest BCUT2D eigenvalue weighted by Crippen LogP contribution is 2.31. The zero-order chi connectivity index (χ0) is 24.5. The van der Waals surface area contributed by atoms with Crippen LogP contribution in [0, 0.1) is 16.0 Å². The molecule has 34 heavy (non-hydrogen) atoms. The number of nitrogens with zero attached hydrogens (tertiary/aromatic N) is 2. The lowest BCUT2D eigenvalue weighted by molar-refractivity contribution is -0.385. The molecule has 10 nitrogen and oxygen atoms in total. The maximum absolute atomic E-state index is 13.0. The van der Waals surface area contributed by atoms with Crippen molar-refractivity contribution >= 4 is 50.0 Å². The Hall–Kier alpha value is -3.28. The van der Waals surface area contributed by atoms with E-state index in [-0.39, 0.29) is 47.3 Å². The monoisotopic (exact) mass is 505 g/mol. The van der Waals surface area contributed by atoms with Crippen molar-refractivity contribution in [2.24, 2.45) is 5.92 Å². The van der Waals surface area contributed by atoms with E-state index in [0.29, 0.717) is 5.56 Å². The number of ketones is 1. The molecule has 0 unspecified atom stereocenters. The number of sulfonamides is 1. The second kappa shape index (κ2) is 9.53. The molecule has 1 saturated heterocycles. The highest BCUT2D eigenvalue weighted by molar-refractivity contribution is 7.89. The number of carbonyl (C=O) groups excluding carboxylic acids is 2. The lowest BCUT2D eigenvalue weighted by Crippen LogP contribution is -2.40. The number of non-ortho nitro benzene ring substituents is 1. The van der Waals surface area contributed by atoms with Gasteiger partial charge in [0.1, 0.15) is 4.90 Å². The molecule has 1 aliphatic heterocycles. The van der Waals surface area contributed by atoms with Crippen molar-refractivity contribution in [2.45, 2.75) is 17.7 Å². The third-order valence-corrected chi connectivity index (χ3v) is 8.15. The van der Waals surface area contributed by atoms with Crippen molar-refractivity contribution in [3.05, 3.63) is 69.4 Å². The number of benzene rings is 2. The molecular formula is C22H20ClN3O7S. The first-order valence-corrected chi connectivity index (χ1v) is 12.2. The number of aromatic nitrogens is 1. The lowest BCUT2D eigenvalue weighted by Gasteiger charge is -2.30. The Morgan fingerprint density at radius 3 is 2.59 bits per heavy atom.